The highest BCUT2D eigenvalue weighted by molar-refractivity contribution is 5.83. The van der Waals surface area contributed by atoms with Gasteiger partial charge in [0.1, 0.15) is 0 Å². The van der Waals surface area contributed by atoms with Crippen molar-refractivity contribution in [1.82, 2.24) is 51.7 Å². The maximum atomic E-state index is 13.5. The van der Waals surface area contributed by atoms with Crippen molar-refractivity contribution in [2.75, 3.05) is 26.2 Å². The fourth-order valence-electron chi connectivity index (χ4n) is 5.11. The van der Waals surface area contributed by atoms with Crippen LogP contribution in [0.2, 0.25) is 0 Å². The second-order valence-corrected chi connectivity index (χ2v) is 11.3. The van der Waals surface area contributed by atoms with Crippen molar-refractivity contribution in [3.63, 3.8) is 0 Å². The van der Waals surface area contributed by atoms with Crippen molar-refractivity contribution in [2.45, 2.75) is 26.2 Å². The third-order valence-electron chi connectivity index (χ3n) is 7.09. The molecule has 14 heteroatoms. The third kappa shape index (κ3) is 11.4. The fourth-order valence-corrected chi connectivity index (χ4v) is 5.11. The summed E-state index contributed by atoms with van der Waals surface area (Å²) in [5, 5.41) is 5.93. The molecule has 48 heavy (non-hydrogen) atoms. The summed E-state index contributed by atoms with van der Waals surface area (Å²) in [4.78, 5) is 62.2. The van der Waals surface area contributed by atoms with Gasteiger partial charge in [-0.3, -0.25) is 50.8 Å². The van der Waals surface area contributed by atoms with E-state index >= 15 is 0 Å². The number of hydrogen-bond donors (Lipinski definition) is 4. The molecule has 248 valence electrons. The number of hydrazine groups is 4. The predicted octanol–water partition coefficient (Wildman–Crippen LogP) is 0.924. The lowest BCUT2D eigenvalue weighted by molar-refractivity contribution is -0.137. The Bertz CT molecular complexity index is 1350. The van der Waals surface area contributed by atoms with Gasteiger partial charge in [0.15, 0.2) is 0 Å². The Kier molecular flexibility index (Phi) is 12.3. The number of nitrogens with one attached hydrogen (secondary N) is 4. The van der Waals surface area contributed by atoms with Gasteiger partial charge >= 0.3 is 0 Å². The number of carbonyl (C=O) groups excluding carboxylic acids is 4. The van der Waals surface area contributed by atoms with E-state index in [1.54, 1.807) is 36.9 Å². The lowest BCUT2D eigenvalue weighted by Gasteiger charge is -2.30. The molecule has 0 unspecified atom stereocenters. The maximum absolute atomic E-state index is 13.5. The lowest BCUT2D eigenvalue weighted by atomic mass is 10.2. The second-order valence-electron chi connectivity index (χ2n) is 11.3. The van der Waals surface area contributed by atoms with Gasteiger partial charge in [-0.05, 0) is 34.4 Å². The number of nitrogens with zero attached hydrogens (tertiary/aromatic N) is 6. The molecule has 0 atom stereocenters. The minimum atomic E-state index is -0.448. The number of rotatable bonds is 8. The monoisotopic (exact) mass is 650 g/mol. The third-order valence-corrected chi connectivity index (χ3v) is 7.09. The van der Waals surface area contributed by atoms with E-state index in [1.165, 1.54) is 20.0 Å². The molecule has 1 aliphatic heterocycles. The summed E-state index contributed by atoms with van der Waals surface area (Å²) in [5.41, 5.74) is 14.6. The molecule has 1 fully saturated rings. The highest BCUT2D eigenvalue weighted by Gasteiger charge is 2.23. The van der Waals surface area contributed by atoms with Crippen LogP contribution in [0.3, 0.4) is 0 Å². The molecule has 0 saturated carbocycles. The summed E-state index contributed by atoms with van der Waals surface area (Å²) in [6.07, 6.45) is 6.57. The van der Waals surface area contributed by atoms with E-state index < -0.39 is 23.6 Å². The Morgan fingerprint density at radius 2 is 0.708 bits per heavy atom. The second kappa shape index (κ2) is 17.4. The van der Waals surface area contributed by atoms with Crippen molar-refractivity contribution in [2.24, 2.45) is 0 Å². The van der Waals surface area contributed by atoms with E-state index in [0.29, 0.717) is 0 Å². The van der Waals surface area contributed by atoms with Gasteiger partial charge in [-0.25, -0.2) is 20.0 Å². The molecule has 3 heterocycles. The first kappa shape index (κ1) is 33.8. The zero-order valence-corrected chi connectivity index (χ0v) is 26.4. The zero-order chi connectivity index (χ0) is 33.6. The topological polar surface area (TPSA) is 155 Å². The molecule has 1 aliphatic rings. The fraction of sp³-hybridized carbons (Fsp3) is 0.235. The van der Waals surface area contributed by atoms with Gasteiger partial charge in [-0.1, -0.05) is 72.8 Å². The number of benzene rings is 2. The average molecular weight is 651 g/mol. The Morgan fingerprint density at radius 3 is 1.00 bits per heavy atom. The molecule has 5 rings (SSSR count). The molecule has 4 amide bonds. The van der Waals surface area contributed by atoms with Crippen LogP contribution in [-0.4, -0.2) is 79.8 Å². The molecule has 0 radical (unpaired) electrons. The molecule has 1 saturated heterocycles. The SMILES string of the molecule is O=C1CN(Cc2cccnc2)NC(=O)CN(Cc2ccccc2)NC(=O)CN(Cc2cccnc2)NC(=O)CN(Cc2ccccc2)N1. The van der Waals surface area contributed by atoms with Crippen LogP contribution < -0.4 is 21.7 Å². The summed E-state index contributed by atoms with van der Waals surface area (Å²) in [7, 11) is 0. The van der Waals surface area contributed by atoms with Crippen LogP contribution in [0.25, 0.3) is 0 Å². The van der Waals surface area contributed by atoms with Crippen LogP contribution >= 0.6 is 0 Å². The zero-order valence-electron chi connectivity index (χ0n) is 26.4. The Labute approximate surface area is 278 Å². The minimum absolute atomic E-state index is 0.181. The van der Waals surface area contributed by atoms with Gasteiger partial charge in [0.25, 0.3) is 0 Å². The van der Waals surface area contributed by atoms with E-state index in [-0.39, 0.29) is 52.4 Å². The van der Waals surface area contributed by atoms with Gasteiger partial charge in [0, 0.05) is 51.0 Å². The number of pyridine rings is 2. The molecule has 0 spiro atoms. The number of hydrogen-bond acceptors (Lipinski definition) is 10. The summed E-state index contributed by atoms with van der Waals surface area (Å²) >= 11 is 0. The summed E-state index contributed by atoms with van der Waals surface area (Å²) in [5.74, 6) is -1.79. The Morgan fingerprint density at radius 1 is 0.417 bits per heavy atom. The van der Waals surface area contributed by atoms with Gasteiger partial charge in [0.05, 0.1) is 26.2 Å². The quantitative estimate of drug-likeness (QED) is 0.217. The van der Waals surface area contributed by atoms with E-state index in [1.807, 2.05) is 72.8 Å². The maximum Gasteiger partial charge on any atom is 0.250 e. The first-order valence-electron chi connectivity index (χ1n) is 15.4. The van der Waals surface area contributed by atoms with Crippen LogP contribution in [0.1, 0.15) is 22.3 Å². The van der Waals surface area contributed by atoms with Crippen LogP contribution in [-0.2, 0) is 45.4 Å². The molecule has 0 aliphatic carbocycles. The summed E-state index contributed by atoms with van der Waals surface area (Å²) in [6, 6.07) is 26.0. The van der Waals surface area contributed by atoms with Gasteiger partial charge in [-0.15, -0.1) is 0 Å². The normalized spacial score (nSPS) is 16.8. The van der Waals surface area contributed by atoms with Gasteiger partial charge in [0.2, 0.25) is 23.6 Å². The Balaban J connectivity index is 1.41. The summed E-state index contributed by atoms with van der Waals surface area (Å²) in [6.45, 7) is -0.0841. The number of carbonyl (C=O) groups is 4. The smallest absolute Gasteiger partial charge is 0.250 e. The van der Waals surface area contributed by atoms with Crippen molar-refractivity contribution >= 4 is 23.6 Å². The molecular formula is C34H38N10O4. The van der Waals surface area contributed by atoms with E-state index in [0.717, 1.165) is 22.3 Å². The Hall–Kier alpha value is -5.54. The molecule has 0 bridgehead atoms. The van der Waals surface area contributed by atoms with Crippen molar-refractivity contribution < 1.29 is 19.2 Å². The molecule has 2 aromatic carbocycles. The van der Waals surface area contributed by atoms with E-state index in [2.05, 4.69) is 31.7 Å². The molecule has 4 N–H and O–H groups in total. The number of aromatic nitrogens is 2. The van der Waals surface area contributed by atoms with Crippen LogP contribution in [0, 0.1) is 0 Å². The number of amides is 4. The highest BCUT2D eigenvalue weighted by Crippen LogP contribution is 2.07. The summed E-state index contributed by atoms with van der Waals surface area (Å²) < 4.78 is 0. The largest absolute Gasteiger partial charge is 0.287 e. The van der Waals surface area contributed by atoms with Crippen LogP contribution in [0.4, 0.5) is 0 Å². The van der Waals surface area contributed by atoms with Crippen LogP contribution in [0.15, 0.2) is 110 Å². The first-order valence-corrected chi connectivity index (χ1v) is 15.4. The van der Waals surface area contributed by atoms with Gasteiger partial charge in [-0.2, -0.15) is 0 Å². The van der Waals surface area contributed by atoms with Gasteiger partial charge < -0.3 is 0 Å². The predicted molar refractivity (Wildman–Crippen MR) is 176 cm³/mol. The van der Waals surface area contributed by atoms with Crippen molar-refractivity contribution in [3.05, 3.63) is 132 Å². The van der Waals surface area contributed by atoms with E-state index in [4.69, 9.17) is 0 Å². The average Bonchev–Trinajstić information content (AvgIpc) is 3.06. The lowest BCUT2D eigenvalue weighted by Crippen LogP contribution is -2.57. The molecule has 2 aromatic heterocycles. The van der Waals surface area contributed by atoms with Crippen molar-refractivity contribution in [3.8, 4) is 0 Å². The minimum Gasteiger partial charge on any atom is -0.287 e. The molecular weight excluding hydrogens is 612 g/mol. The van der Waals surface area contributed by atoms with Crippen molar-refractivity contribution in [1.29, 1.82) is 0 Å². The molecule has 4 aromatic rings. The van der Waals surface area contributed by atoms with E-state index in [9.17, 15) is 19.2 Å². The standard InChI is InChI=1S/C34H38N10O4/c45-31-23-41(19-27-9-3-1-4-10-27)37-33(47)25-43(21-29-13-7-15-35-17-29)40-32(46)24-42(20-28-11-5-2-6-12-28)38-34(48)26-44(39-31)22-30-14-8-16-36-18-30/h1-18H,19-26H2,(H,37,47)(H,38,48)(H,39,45)(H,40,46). The highest BCUT2D eigenvalue weighted by atomic mass is 16.2. The van der Waals surface area contributed by atoms with Crippen LogP contribution in [0.5, 0.6) is 0 Å². The molecule has 14 nitrogen and oxygen atoms in total. The first-order chi connectivity index (χ1) is 23.4.